The average Bonchev–Trinajstić information content (AvgIpc) is 2.35. The van der Waals surface area contributed by atoms with E-state index < -0.39 is 23.5 Å². The summed E-state index contributed by atoms with van der Waals surface area (Å²) in [4.78, 5) is 0. The Bertz CT molecular complexity index is 584. The van der Waals surface area contributed by atoms with E-state index in [0.717, 1.165) is 6.07 Å². The standard InChI is InChI=1S/C13H10ClF3N2/c14-9-2-1-3-10(16)12(9)13(19-18)8-5-4-7(15)6-11(8)17/h1-6,13,19H,18H2. The molecule has 6 heteroatoms. The van der Waals surface area contributed by atoms with Gasteiger partial charge in [0, 0.05) is 22.2 Å². The van der Waals surface area contributed by atoms with E-state index in [4.69, 9.17) is 17.4 Å². The largest absolute Gasteiger partial charge is 0.271 e. The molecule has 0 saturated carbocycles. The minimum absolute atomic E-state index is 0.0101. The van der Waals surface area contributed by atoms with Crippen molar-refractivity contribution in [2.24, 2.45) is 5.84 Å². The predicted molar refractivity (Wildman–Crippen MR) is 66.9 cm³/mol. The highest BCUT2D eigenvalue weighted by molar-refractivity contribution is 6.31. The van der Waals surface area contributed by atoms with Crippen molar-refractivity contribution in [2.45, 2.75) is 6.04 Å². The summed E-state index contributed by atoms with van der Waals surface area (Å²) >= 11 is 5.90. The molecule has 19 heavy (non-hydrogen) atoms. The van der Waals surface area contributed by atoms with Crippen LogP contribution in [-0.2, 0) is 0 Å². The number of nitrogens with one attached hydrogen (secondary N) is 1. The van der Waals surface area contributed by atoms with E-state index in [-0.39, 0.29) is 16.1 Å². The second-order valence-corrected chi connectivity index (χ2v) is 4.31. The predicted octanol–water partition coefficient (Wildman–Crippen LogP) is 3.31. The van der Waals surface area contributed by atoms with Crippen molar-refractivity contribution >= 4 is 11.6 Å². The van der Waals surface area contributed by atoms with Gasteiger partial charge in [-0.1, -0.05) is 23.7 Å². The average molecular weight is 287 g/mol. The molecular weight excluding hydrogens is 277 g/mol. The first-order valence-electron chi connectivity index (χ1n) is 5.39. The van der Waals surface area contributed by atoms with E-state index in [1.165, 1.54) is 24.3 Å². The summed E-state index contributed by atoms with van der Waals surface area (Å²) in [5.74, 6) is 3.16. The highest BCUT2D eigenvalue weighted by Crippen LogP contribution is 2.31. The van der Waals surface area contributed by atoms with E-state index in [1.54, 1.807) is 0 Å². The topological polar surface area (TPSA) is 38.0 Å². The van der Waals surface area contributed by atoms with Crippen LogP contribution in [0.2, 0.25) is 5.02 Å². The van der Waals surface area contributed by atoms with Crippen LogP contribution in [0, 0.1) is 17.5 Å². The maximum atomic E-state index is 13.8. The molecule has 2 rings (SSSR count). The zero-order valence-electron chi connectivity index (χ0n) is 9.63. The van der Waals surface area contributed by atoms with Crippen LogP contribution in [0.1, 0.15) is 17.2 Å². The van der Waals surface area contributed by atoms with E-state index in [2.05, 4.69) is 5.43 Å². The van der Waals surface area contributed by atoms with Crippen molar-refractivity contribution in [1.82, 2.24) is 5.43 Å². The highest BCUT2D eigenvalue weighted by Gasteiger charge is 2.22. The lowest BCUT2D eigenvalue weighted by Gasteiger charge is -2.19. The van der Waals surface area contributed by atoms with Gasteiger partial charge in [-0.3, -0.25) is 5.84 Å². The minimum atomic E-state index is -1.01. The third kappa shape index (κ3) is 2.73. The van der Waals surface area contributed by atoms with Crippen molar-refractivity contribution in [2.75, 3.05) is 0 Å². The molecule has 2 aromatic rings. The lowest BCUT2D eigenvalue weighted by atomic mass is 9.98. The summed E-state index contributed by atoms with van der Waals surface area (Å²) < 4.78 is 40.4. The zero-order valence-corrected chi connectivity index (χ0v) is 10.4. The first kappa shape index (κ1) is 13.9. The summed E-state index contributed by atoms with van der Waals surface area (Å²) in [5, 5.41) is 0.103. The van der Waals surface area contributed by atoms with Gasteiger partial charge < -0.3 is 0 Å². The van der Waals surface area contributed by atoms with Crippen LogP contribution in [0.4, 0.5) is 13.2 Å². The lowest BCUT2D eigenvalue weighted by molar-refractivity contribution is 0.522. The summed E-state index contributed by atoms with van der Waals surface area (Å²) in [6.07, 6.45) is 0. The third-order valence-electron chi connectivity index (χ3n) is 2.73. The second-order valence-electron chi connectivity index (χ2n) is 3.90. The van der Waals surface area contributed by atoms with Gasteiger partial charge in [0.05, 0.1) is 6.04 Å². The number of hydrogen-bond acceptors (Lipinski definition) is 2. The molecule has 0 bridgehead atoms. The molecular formula is C13H10ClF3N2. The Morgan fingerprint density at radius 3 is 2.37 bits per heavy atom. The third-order valence-corrected chi connectivity index (χ3v) is 3.06. The number of benzene rings is 2. The number of halogens is 4. The molecule has 1 unspecified atom stereocenters. The second kappa shape index (κ2) is 5.61. The summed E-state index contributed by atoms with van der Waals surface area (Å²) in [7, 11) is 0. The van der Waals surface area contributed by atoms with Crippen LogP contribution in [0.15, 0.2) is 36.4 Å². The zero-order chi connectivity index (χ0) is 14.0. The smallest absolute Gasteiger partial charge is 0.131 e. The first-order valence-corrected chi connectivity index (χ1v) is 5.77. The van der Waals surface area contributed by atoms with Gasteiger partial charge in [0.15, 0.2) is 0 Å². The van der Waals surface area contributed by atoms with Crippen molar-refractivity contribution in [1.29, 1.82) is 0 Å². The Labute approximate surface area is 113 Å². The van der Waals surface area contributed by atoms with Gasteiger partial charge >= 0.3 is 0 Å². The van der Waals surface area contributed by atoms with Gasteiger partial charge in [0.25, 0.3) is 0 Å². The van der Waals surface area contributed by atoms with Crippen LogP contribution in [0.3, 0.4) is 0 Å². The molecule has 0 heterocycles. The number of rotatable bonds is 3. The quantitative estimate of drug-likeness (QED) is 0.671. The number of hydrazine groups is 1. The molecule has 2 nitrogen and oxygen atoms in total. The lowest BCUT2D eigenvalue weighted by Crippen LogP contribution is -2.30. The van der Waals surface area contributed by atoms with Gasteiger partial charge in [-0.2, -0.15) is 0 Å². The van der Waals surface area contributed by atoms with Gasteiger partial charge in [0.2, 0.25) is 0 Å². The van der Waals surface area contributed by atoms with Gasteiger partial charge in [-0.15, -0.1) is 0 Å². The van der Waals surface area contributed by atoms with Crippen molar-refractivity contribution in [3.63, 3.8) is 0 Å². The maximum absolute atomic E-state index is 13.8. The van der Waals surface area contributed by atoms with Gasteiger partial charge in [-0.05, 0) is 18.2 Å². The van der Waals surface area contributed by atoms with Crippen molar-refractivity contribution in [3.05, 3.63) is 70.0 Å². The molecule has 2 aromatic carbocycles. The Morgan fingerprint density at radius 1 is 1.05 bits per heavy atom. The normalized spacial score (nSPS) is 12.5. The fraction of sp³-hybridized carbons (Fsp3) is 0.0769. The molecule has 3 N–H and O–H groups in total. The molecule has 0 amide bonds. The summed E-state index contributed by atoms with van der Waals surface area (Å²) in [6, 6.07) is 6.03. The Kier molecular flexibility index (Phi) is 4.09. The molecule has 0 radical (unpaired) electrons. The molecule has 0 aliphatic carbocycles. The summed E-state index contributed by atoms with van der Waals surface area (Å²) in [5.41, 5.74) is 2.31. The van der Waals surface area contributed by atoms with Crippen molar-refractivity contribution in [3.8, 4) is 0 Å². The van der Waals surface area contributed by atoms with Crippen LogP contribution in [-0.4, -0.2) is 0 Å². The maximum Gasteiger partial charge on any atom is 0.131 e. The van der Waals surface area contributed by atoms with E-state index in [1.807, 2.05) is 0 Å². The molecule has 0 spiro atoms. The van der Waals surface area contributed by atoms with Crippen molar-refractivity contribution < 1.29 is 13.2 Å². The SMILES string of the molecule is NNC(c1ccc(F)cc1F)c1c(F)cccc1Cl. The van der Waals surface area contributed by atoms with E-state index in [9.17, 15) is 13.2 Å². The Morgan fingerprint density at radius 2 is 1.79 bits per heavy atom. The fourth-order valence-corrected chi connectivity index (χ4v) is 2.12. The molecule has 0 aromatic heterocycles. The van der Waals surface area contributed by atoms with Gasteiger partial charge in [-0.25, -0.2) is 18.6 Å². The molecule has 0 aliphatic rings. The van der Waals surface area contributed by atoms with Crippen LogP contribution < -0.4 is 11.3 Å². The number of hydrogen-bond donors (Lipinski definition) is 2. The highest BCUT2D eigenvalue weighted by atomic mass is 35.5. The van der Waals surface area contributed by atoms with E-state index >= 15 is 0 Å². The molecule has 0 saturated heterocycles. The molecule has 0 aliphatic heterocycles. The minimum Gasteiger partial charge on any atom is -0.271 e. The monoisotopic (exact) mass is 286 g/mol. The summed E-state index contributed by atoms with van der Waals surface area (Å²) in [6.45, 7) is 0. The Hall–Kier alpha value is -1.56. The first-order chi connectivity index (χ1) is 9.04. The number of nitrogens with two attached hydrogens (primary N) is 1. The Balaban J connectivity index is 2.56. The molecule has 0 fully saturated rings. The van der Waals surface area contributed by atoms with Crippen LogP contribution in [0.5, 0.6) is 0 Å². The molecule has 1 atom stereocenters. The fourth-order valence-electron chi connectivity index (χ4n) is 1.85. The molecule has 100 valence electrons. The van der Waals surface area contributed by atoms with Crippen LogP contribution in [0.25, 0.3) is 0 Å². The van der Waals surface area contributed by atoms with Gasteiger partial charge in [0.1, 0.15) is 17.5 Å². The van der Waals surface area contributed by atoms with Crippen LogP contribution >= 0.6 is 11.6 Å². The van der Waals surface area contributed by atoms with E-state index in [0.29, 0.717) is 6.07 Å².